The largest absolute Gasteiger partial charge is 0.490 e. The summed E-state index contributed by atoms with van der Waals surface area (Å²) in [6.45, 7) is 8.53. The molecule has 2 aromatic rings. The van der Waals surface area contributed by atoms with Crippen molar-refractivity contribution in [3.05, 3.63) is 77.0 Å². The van der Waals surface area contributed by atoms with Gasteiger partial charge in [-0.05, 0) is 48.4 Å². The van der Waals surface area contributed by atoms with E-state index in [0.29, 0.717) is 17.7 Å². The first-order chi connectivity index (χ1) is 16.3. The van der Waals surface area contributed by atoms with Crippen molar-refractivity contribution in [2.75, 3.05) is 13.2 Å². The number of aliphatic imine (C=N–C) groups is 1. The second-order valence-corrected chi connectivity index (χ2v) is 9.93. The minimum Gasteiger partial charge on any atom is -0.490 e. The predicted octanol–water partition coefficient (Wildman–Crippen LogP) is 5.69. The summed E-state index contributed by atoms with van der Waals surface area (Å²) in [6.07, 6.45) is 2.16. The number of allylic oxidation sites excluding steroid dienone is 1. The van der Waals surface area contributed by atoms with E-state index < -0.39 is 11.9 Å². The van der Waals surface area contributed by atoms with Crippen molar-refractivity contribution < 1.29 is 19.1 Å². The minimum absolute atomic E-state index is 0.119. The molecule has 5 nitrogen and oxygen atoms in total. The number of hydrogen-bond donors (Lipinski definition) is 0. The van der Waals surface area contributed by atoms with Gasteiger partial charge >= 0.3 is 5.97 Å². The van der Waals surface area contributed by atoms with E-state index in [4.69, 9.17) is 14.5 Å². The number of esters is 1. The normalized spacial score (nSPS) is 21.5. The van der Waals surface area contributed by atoms with Gasteiger partial charge in [0.05, 0.1) is 11.5 Å². The molecule has 2 unspecified atom stereocenters. The number of ketones is 1. The first-order valence-corrected chi connectivity index (χ1v) is 12.0. The van der Waals surface area contributed by atoms with E-state index in [1.54, 1.807) is 0 Å². The van der Waals surface area contributed by atoms with E-state index in [1.807, 2.05) is 49.4 Å². The van der Waals surface area contributed by atoms with Gasteiger partial charge in [-0.3, -0.25) is 9.79 Å². The molecule has 5 heteroatoms. The van der Waals surface area contributed by atoms with Crippen LogP contribution in [0.25, 0.3) is 0 Å². The number of benzene rings is 2. The van der Waals surface area contributed by atoms with E-state index in [-0.39, 0.29) is 30.3 Å². The highest BCUT2D eigenvalue weighted by Gasteiger charge is 2.47. The molecular formula is C29H33NO4. The lowest BCUT2D eigenvalue weighted by molar-refractivity contribution is -0.140. The fourth-order valence-electron chi connectivity index (χ4n) is 5.07. The van der Waals surface area contributed by atoms with Crippen molar-refractivity contribution in [3.63, 3.8) is 0 Å². The van der Waals surface area contributed by atoms with Crippen molar-refractivity contribution in [1.82, 2.24) is 0 Å². The molecule has 0 saturated heterocycles. The van der Waals surface area contributed by atoms with E-state index in [9.17, 15) is 9.59 Å². The standard InChI is InChI=1S/C29H33NO4/c1-5-20-11-13-21(14-12-20)26-25(28(32)34-16-15-33-22-9-7-6-8-10-22)19(2)30-23-17-29(3,4)18-24(31)27(23)26/h6-14,26-27H,5,15-18H2,1-4H3. The van der Waals surface area contributed by atoms with Crippen LogP contribution in [-0.4, -0.2) is 30.7 Å². The number of aryl methyl sites for hydroxylation is 1. The monoisotopic (exact) mass is 459 g/mol. The van der Waals surface area contributed by atoms with Crippen LogP contribution in [0.5, 0.6) is 5.75 Å². The highest BCUT2D eigenvalue weighted by atomic mass is 16.6. The topological polar surface area (TPSA) is 65.0 Å². The fourth-order valence-corrected chi connectivity index (χ4v) is 5.07. The van der Waals surface area contributed by atoms with Gasteiger partial charge in [0.15, 0.2) is 0 Å². The van der Waals surface area contributed by atoms with Crippen LogP contribution in [-0.2, 0) is 20.7 Å². The van der Waals surface area contributed by atoms with Crippen molar-refractivity contribution in [2.24, 2.45) is 16.3 Å². The third kappa shape index (κ3) is 5.14. The smallest absolute Gasteiger partial charge is 0.336 e. The second-order valence-electron chi connectivity index (χ2n) is 9.93. The summed E-state index contributed by atoms with van der Waals surface area (Å²) in [5, 5.41) is 0. The third-order valence-electron chi connectivity index (χ3n) is 6.66. The maximum Gasteiger partial charge on any atom is 0.336 e. The average molecular weight is 460 g/mol. The summed E-state index contributed by atoms with van der Waals surface area (Å²) in [7, 11) is 0. The summed E-state index contributed by atoms with van der Waals surface area (Å²) in [5.74, 6) is -0.369. The third-order valence-corrected chi connectivity index (χ3v) is 6.66. The van der Waals surface area contributed by atoms with Crippen molar-refractivity contribution in [2.45, 2.75) is 52.9 Å². The number of carbonyl (C=O) groups is 2. The molecule has 2 aliphatic rings. The Morgan fingerprint density at radius 3 is 2.38 bits per heavy atom. The quantitative estimate of drug-likeness (QED) is 0.394. The molecule has 0 radical (unpaired) electrons. The number of nitrogens with zero attached hydrogens (tertiary/aromatic N) is 1. The number of rotatable bonds is 7. The summed E-state index contributed by atoms with van der Waals surface area (Å²) < 4.78 is 11.3. The zero-order chi connectivity index (χ0) is 24.3. The Hall–Kier alpha value is -3.21. The zero-order valence-corrected chi connectivity index (χ0v) is 20.5. The number of hydrogen-bond acceptors (Lipinski definition) is 5. The molecule has 1 fully saturated rings. The maximum atomic E-state index is 13.4. The molecule has 0 N–H and O–H groups in total. The molecule has 4 rings (SSSR count). The number of para-hydroxylation sites is 1. The first-order valence-electron chi connectivity index (χ1n) is 12.0. The van der Waals surface area contributed by atoms with Gasteiger partial charge in [0.25, 0.3) is 0 Å². The van der Waals surface area contributed by atoms with Crippen molar-refractivity contribution in [1.29, 1.82) is 0 Å². The van der Waals surface area contributed by atoms with Crippen LogP contribution in [0.15, 0.2) is 70.9 Å². The Morgan fingerprint density at radius 2 is 1.71 bits per heavy atom. The molecular weight excluding hydrogens is 426 g/mol. The first kappa shape index (κ1) is 23.9. The van der Waals surface area contributed by atoms with Crippen LogP contribution in [0.1, 0.15) is 57.6 Å². The summed E-state index contributed by atoms with van der Waals surface area (Å²) in [5.41, 5.74) is 4.03. The van der Waals surface area contributed by atoms with Gasteiger partial charge in [0.2, 0.25) is 0 Å². The number of ether oxygens (including phenoxy) is 2. The SMILES string of the molecule is CCc1ccc(C2C(C(=O)OCCOc3ccccc3)=C(C)N=C3CC(C)(C)CC(=O)C32)cc1. The fraction of sp³-hybridized carbons (Fsp3) is 0.414. The molecule has 1 aliphatic heterocycles. The molecule has 0 bridgehead atoms. The lowest BCUT2D eigenvalue weighted by Gasteiger charge is -2.41. The molecule has 1 aliphatic carbocycles. The van der Waals surface area contributed by atoms with Gasteiger partial charge in [0, 0.05) is 23.7 Å². The predicted molar refractivity (Wildman–Crippen MR) is 133 cm³/mol. The van der Waals surface area contributed by atoms with Gasteiger partial charge in [-0.2, -0.15) is 0 Å². The van der Waals surface area contributed by atoms with Gasteiger partial charge in [-0.1, -0.05) is 63.2 Å². The van der Waals surface area contributed by atoms with E-state index in [0.717, 1.165) is 29.9 Å². The van der Waals surface area contributed by atoms with Crippen LogP contribution in [0, 0.1) is 11.3 Å². The highest BCUT2D eigenvalue weighted by molar-refractivity contribution is 6.12. The van der Waals surface area contributed by atoms with Gasteiger partial charge in [-0.15, -0.1) is 0 Å². The average Bonchev–Trinajstić information content (AvgIpc) is 2.80. The molecule has 1 saturated carbocycles. The van der Waals surface area contributed by atoms with E-state index >= 15 is 0 Å². The molecule has 2 atom stereocenters. The zero-order valence-electron chi connectivity index (χ0n) is 20.5. The Balaban J connectivity index is 1.60. The molecule has 178 valence electrons. The minimum atomic E-state index is -0.431. The lowest BCUT2D eigenvalue weighted by atomic mass is 9.63. The summed E-state index contributed by atoms with van der Waals surface area (Å²) in [4.78, 5) is 31.5. The number of carbonyl (C=O) groups excluding carboxylic acids is 2. The number of Topliss-reactive ketones (excluding diaryl/α,β-unsaturated/α-hetero) is 1. The van der Waals surface area contributed by atoms with Crippen molar-refractivity contribution in [3.8, 4) is 5.75 Å². The summed E-state index contributed by atoms with van der Waals surface area (Å²) >= 11 is 0. The lowest BCUT2D eigenvalue weighted by Crippen LogP contribution is -2.44. The second kappa shape index (κ2) is 9.96. The highest BCUT2D eigenvalue weighted by Crippen LogP contribution is 2.47. The molecule has 34 heavy (non-hydrogen) atoms. The maximum absolute atomic E-state index is 13.4. The van der Waals surface area contributed by atoms with Crippen LogP contribution in [0.2, 0.25) is 0 Å². The van der Waals surface area contributed by atoms with Crippen LogP contribution < -0.4 is 4.74 Å². The van der Waals surface area contributed by atoms with E-state index in [1.165, 1.54) is 5.56 Å². The Bertz CT molecular complexity index is 1110. The molecule has 0 aromatic heterocycles. The van der Waals surface area contributed by atoms with Crippen LogP contribution in [0.4, 0.5) is 0 Å². The van der Waals surface area contributed by atoms with Crippen LogP contribution >= 0.6 is 0 Å². The Morgan fingerprint density at radius 1 is 1.00 bits per heavy atom. The Labute approximate surface area is 201 Å². The van der Waals surface area contributed by atoms with Gasteiger partial charge < -0.3 is 9.47 Å². The number of fused-ring (bicyclic) bond motifs is 1. The molecule has 0 amide bonds. The molecule has 0 spiro atoms. The van der Waals surface area contributed by atoms with Crippen molar-refractivity contribution >= 4 is 17.5 Å². The molecule has 2 aromatic carbocycles. The Kier molecular flexibility index (Phi) is 7.01. The van der Waals surface area contributed by atoms with Gasteiger partial charge in [-0.25, -0.2) is 4.79 Å². The van der Waals surface area contributed by atoms with Gasteiger partial charge in [0.1, 0.15) is 24.7 Å². The summed E-state index contributed by atoms with van der Waals surface area (Å²) in [6, 6.07) is 17.6. The van der Waals surface area contributed by atoms with E-state index in [2.05, 4.69) is 32.9 Å². The van der Waals surface area contributed by atoms with Crippen LogP contribution in [0.3, 0.4) is 0 Å². The molecule has 1 heterocycles.